The number of carbonyl (C=O) groups is 1. The molecule has 0 saturated carbocycles. The molecule has 1 rings (SSSR count). The number of amides is 1. The van der Waals surface area contributed by atoms with Crippen LogP contribution in [0.5, 0.6) is 0 Å². The van der Waals surface area contributed by atoms with Gasteiger partial charge >= 0.3 is 0 Å². The van der Waals surface area contributed by atoms with E-state index in [0.717, 1.165) is 6.54 Å². The number of ether oxygens (including phenoxy) is 2. The Hall–Kier alpha value is -0.650. The Kier molecular flexibility index (Phi) is 5.36. The number of methoxy groups -OCH3 is 1. The van der Waals surface area contributed by atoms with Crippen LogP contribution in [0.15, 0.2) is 0 Å². The van der Waals surface area contributed by atoms with Crippen LogP contribution in [0.25, 0.3) is 0 Å². The van der Waals surface area contributed by atoms with E-state index in [1.165, 1.54) is 7.11 Å². The molecule has 17 heavy (non-hydrogen) atoms. The molecule has 5 heteroatoms. The zero-order valence-electron chi connectivity index (χ0n) is 11.3. The number of morpholine rings is 1. The molecule has 5 nitrogen and oxygen atoms in total. The number of nitrogens with one attached hydrogen (secondary N) is 1. The third kappa shape index (κ3) is 5.48. The molecule has 1 amide bonds. The average Bonchev–Trinajstić information content (AvgIpc) is 2.26. The van der Waals surface area contributed by atoms with E-state index in [9.17, 15) is 4.79 Å². The first-order valence-corrected chi connectivity index (χ1v) is 6.06. The molecule has 0 aromatic heterocycles. The highest BCUT2D eigenvalue weighted by Gasteiger charge is 2.24. The number of rotatable bonds is 4. The van der Waals surface area contributed by atoms with E-state index in [4.69, 9.17) is 9.47 Å². The first-order valence-electron chi connectivity index (χ1n) is 6.06. The van der Waals surface area contributed by atoms with Gasteiger partial charge in [0.1, 0.15) is 6.61 Å². The third-order valence-electron chi connectivity index (χ3n) is 2.62. The van der Waals surface area contributed by atoms with Gasteiger partial charge in [-0.15, -0.1) is 0 Å². The molecule has 0 radical (unpaired) electrons. The maximum absolute atomic E-state index is 11.7. The Morgan fingerprint density at radius 3 is 2.82 bits per heavy atom. The summed E-state index contributed by atoms with van der Waals surface area (Å²) >= 11 is 0. The summed E-state index contributed by atoms with van der Waals surface area (Å²) in [6, 6.07) is 0. The van der Waals surface area contributed by atoms with Crippen molar-refractivity contribution in [1.82, 2.24) is 10.2 Å². The molecule has 1 N–H and O–H groups in total. The molecular formula is C12H24N2O3. The highest BCUT2D eigenvalue weighted by atomic mass is 16.5. The Labute approximate surface area is 103 Å². The lowest BCUT2D eigenvalue weighted by Crippen LogP contribution is -2.52. The van der Waals surface area contributed by atoms with Crippen LogP contribution in [0.4, 0.5) is 0 Å². The van der Waals surface area contributed by atoms with E-state index in [0.29, 0.717) is 19.7 Å². The molecule has 1 aliphatic heterocycles. The number of nitrogens with zero attached hydrogens (tertiary/aromatic N) is 1. The molecule has 0 unspecified atom stereocenters. The second-order valence-electron chi connectivity index (χ2n) is 5.40. The lowest BCUT2D eigenvalue weighted by atomic mass is 10.1. The van der Waals surface area contributed by atoms with Crippen molar-refractivity contribution in [1.29, 1.82) is 0 Å². The van der Waals surface area contributed by atoms with E-state index in [2.05, 4.69) is 26.1 Å². The van der Waals surface area contributed by atoms with Crippen molar-refractivity contribution in [2.75, 3.05) is 40.0 Å². The molecule has 1 atom stereocenters. The Balaban J connectivity index is 2.36. The molecule has 0 spiro atoms. The van der Waals surface area contributed by atoms with Crippen molar-refractivity contribution in [2.24, 2.45) is 0 Å². The van der Waals surface area contributed by atoms with Gasteiger partial charge in [-0.1, -0.05) is 0 Å². The van der Waals surface area contributed by atoms with Gasteiger partial charge in [0.05, 0.1) is 12.7 Å². The van der Waals surface area contributed by atoms with Crippen molar-refractivity contribution in [3.63, 3.8) is 0 Å². The topological polar surface area (TPSA) is 50.8 Å². The van der Waals surface area contributed by atoms with Gasteiger partial charge in [0.25, 0.3) is 0 Å². The summed E-state index contributed by atoms with van der Waals surface area (Å²) in [5, 5.41) is 3.39. The van der Waals surface area contributed by atoms with Crippen molar-refractivity contribution in [3.8, 4) is 0 Å². The SMILES string of the molecule is COCC(=O)N1CCO[C@@H](CNC(C)(C)C)C1. The van der Waals surface area contributed by atoms with E-state index >= 15 is 0 Å². The second kappa shape index (κ2) is 6.33. The smallest absolute Gasteiger partial charge is 0.248 e. The minimum absolute atomic E-state index is 0.0385. The quantitative estimate of drug-likeness (QED) is 0.770. The molecule has 1 aliphatic rings. The lowest BCUT2D eigenvalue weighted by molar-refractivity contribution is -0.142. The number of carbonyl (C=O) groups excluding carboxylic acids is 1. The summed E-state index contributed by atoms with van der Waals surface area (Å²) < 4.78 is 10.5. The minimum atomic E-state index is 0.0385. The predicted octanol–water partition coefficient (Wildman–Crippen LogP) is 0.248. The highest BCUT2D eigenvalue weighted by molar-refractivity contribution is 5.77. The van der Waals surface area contributed by atoms with Crippen LogP contribution in [-0.2, 0) is 14.3 Å². The van der Waals surface area contributed by atoms with E-state index in [-0.39, 0.29) is 24.2 Å². The van der Waals surface area contributed by atoms with Crippen molar-refractivity contribution >= 4 is 5.91 Å². The van der Waals surface area contributed by atoms with E-state index in [1.807, 2.05) is 4.90 Å². The maximum atomic E-state index is 11.7. The standard InChI is InChI=1S/C12H24N2O3/c1-12(2,3)13-7-10-8-14(5-6-17-10)11(15)9-16-4/h10,13H,5-9H2,1-4H3/t10-/m0/s1. The molecule has 0 aromatic carbocycles. The van der Waals surface area contributed by atoms with Gasteiger partial charge in [-0.3, -0.25) is 4.79 Å². The van der Waals surface area contributed by atoms with Gasteiger partial charge in [0, 0.05) is 32.3 Å². The summed E-state index contributed by atoms with van der Waals surface area (Å²) in [7, 11) is 1.54. The van der Waals surface area contributed by atoms with Crippen LogP contribution in [-0.4, -0.2) is 62.4 Å². The van der Waals surface area contributed by atoms with Gasteiger partial charge in [-0.05, 0) is 20.8 Å². The highest BCUT2D eigenvalue weighted by Crippen LogP contribution is 2.07. The van der Waals surface area contributed by atoms with Crippen LogP contribution >= 0.6 is 0 Å². The molecule has 0 aliphatic carbocycles. The lowest BCUT2D eigenvalue weighted by Gasteiger charge is -2.34. The zero-order valence-corrected chi connectivity index (χ0v) is 11.3. The van der Waals surface area contributed by atoms with Crippen LogP contribution < -0.4 is 5.32 Å². The molecule has 0 aromatic rings. The number of hydrogen-bond acceptors (Lipinski definition) is 4. The number of hydrogen-bond donors (Lipinski definition) is 1. The first kappa shape index (κ1) is 14.4. The Bertz CT molecular complexity index is 251. The minimum Gasteiger partial charge on any atom is -0.375 e. The molecule has 100 valence electrons. The monoisotopic (exact) mass is 244 g/mol. The molecule has 0 bridgehead atoms. The van der Waals surface area contributed by atoms with Gasteiger partial charge in [-0.2, -0.15) is 0 Å². The molecule has 1 heterocycles. The fraction of sp³-hybridized carbons (Fsp3) is 0.917. The molecule has 1 fully saturated rings. The van der Waals surface area contributed by atoms with Gasteiger partial charge in [-0.25, -0.2) is 0 Å². The summed E-state index contributed by atoms with van der Waals surface area (Å²) in [6.07, 6.45) is 0.0729. The Morgan fingerprint density at radius 2 is 2.24 bits per heavy atom. The third-order valence-corrected chi connectivity index (χ3v) is 2.62. The van der Waals surface area contributed by atoms with Crippen LogP contribution in [0.1, 0.15) is 20.8 Å². The summed E-state index contributed by atoms with van der Waals surface area (Å²) in [5.74, 6) is 0.0385. The van der Waals surface area contributed by atoms with Gasteiger partial charge < -0.3 is 19.7 Å². The average molecular weight is 244 g/mol. The summed E-state index contributed by atoms with van der Waals surface area (Å²) in [5.41, 5.74) is 0.0716. The van der Waals surface area contributed by atoms with Crippen LogP contribution in [0.2, 0.25) is 0 Å². The zero-order chi connectivity index (χ0) is 12.9. The van der Waals surface area contributed by atoms with Crippen molar-refractivity contribution < 1.29 is 14.3 Å². The van der Waals surface area contributed by atoms with Crippen molar-refractivity contribution in [2.45, 2.75) is 32.4 Å². The maximum Gasteiger partial charge on any atom is 0.248 e. The summed E-state index contributed by atoms with van der Waals surface area (Å²) in [6.45, 7) is 9.17. The van der Waals surface area contributed by atoms with Crippen LogP contribution in [0, 0.1) is 0 Å². The normalized spacial score (nSPS) is 21.6. The first-order chi connectivity index (χ1) is 7.92. The molecular weight excluding hydrogens is 220 g/mol. The fourth-order valence-corrected chi connectivity index (χ4v) is 1.70. The van der Waals surface area contributed by atoms with E-state index < -0.39 is 0 Å². The largest absolute Gasteiger partial charge is 0.375 e. The molecule has 1 saturated heterocycles. The second-order valence-corrected chi connectivity index (χ2v) is 5.40. The van der Waals surface area contributed by atoms with Gasteiger partial charge in [0.15, 0.2) is 0 Å². The van der Waals surface area contributed by atoms with Crippen molar-refractivity contribution in [3.05, 3.63) is 0 Å². The Morgan fingerprint density at radius 1 is 1.53 bits per heavy atom. The summed E-state index contributed by atoms with van der Waals surface area (Å²) in [4.78, 5) is 13.5. The predicted molar refractivity (Wildman–Crippen MR) is 66.0 cm³/mol. The van der Waals surface area contributed by atoms with Gasteiger partial charge in [0.2, 0.25) is 5.91 Å². The fourth-order valence-electron chi connectivity index (χ4n) is 1.70. The van der Waals surface area contributed by atoms with Crippen LogP contribution in [0.3, 0.4) is 0 Å². The van der Waals surface area contributed by atoms with E-state index in [1.54, 1.807) is 0 Å².